The van der Waals surface area contributed by atoms with Crippen molar-refractivity contribution in [2.24, 2.45) is 0 Å². The Morgan fingerprint density at radius 3 is 2.53 bits per heavy atom. The number of hydrogen-bond acceptors (Lipinski definition) is 3. The molecule has 0 aliphatic heterocycles. The third-order valence-corrected chi connectivity index (χ3v) is 2.25. The second kappa shape index (κ2) is 4.75. The van der Waals surface area contributed by atoms with E-state index in [0.717, 1.165) is 5.56 Å². The van der Waals surface area contributed by atoms with Crippen LogP contribution < -0.4 is 34.7 Å². The minimum Gasteiger partial charge on any atom is -0.549 e. The van der Waals surface area contributed by atoms with Crippen LogP contribution in [0.2, 0.25) is 0 Å². The first-order valence-corrected chi connectivity index (χ1v) is 4.22. The molecule has 70 valence electrons. The second-order valence-corrected chi connectivity index (χ2v) is 3.12. The molecule has 1 aromatic carbocycles. The Bertz CT molecular complexity index is 437. The Morgan fingerprint density at radius 1 is 1.20 bits per heavy atom. The van der Waals surface area contributed by atoms with E-state index in [1.165, 1.54) is 6.08 Å². The zero-order chi connectivity index (χ0) is 10.1. The van der Waals surface area contributed by atoms with Gasteiger partial charge in [0.25, 0.3) is 0 Å². The molecule has 1 atom stereocenters. The van der Waals surface area contributed by atoms with Gasteiger partial charge in [0.2, 0.25) is 0 Å². The molecule has 0 heterocycles. The summed E-state index contributed by atoms with van der Waals surface area (Å²) in [6.07, 6.45) is 2.90. The number of carboxylic acids is 1. The number of benzene rings is 1. The van der Waals surface area contributed by atoms with Gasteiger partial charge in [0.15, 0.2) is 5.78 Å². The molecule has 1 unspecified atom stereocenters. The molecule has 4 heteroatoms. The van der Waals surface area contributed by atoms with Crippen molar-refractivity contribution in [3.8, 4) is 0 Å². The van der Waals surface area contributed by atoms with Gasteiger partial charge in [0.05, 0.1) is 11.9 Å². The zero-order valence-corrected chi connectivity index (χ0v) is 10.3. The molecule has 0 amide bonds. The molecule has 2 rings (SSSR count). The van der Waals surface area contributed by atoms with Crippen molar-refractivity contribution in [2.45, 2.75) is 5.92 Å². The van der Waals surface area contributed by atoms with Crippen LogP contribution in [0, 0.1) is 0 Å². The van der Waals surface area contributed by atoms with Crippen LogP contribution >= 0.6 is 0 Å². The minimum absolute atomic E-state index is 0. The molecule has 1 aromatic rings. The van der Waals surface area contributed by atoms with Crippen LogP contribution in [0.4, 0.5) is 0 Å². The largest absolute Gasteiger partial charge is 1.00 e. The number of ketones is 1. The molecule has 0 saturated carbocycles. The van der Waals surface area contributed by atoms with Crippen LogP contribution in [0.5, 0.6) is 0 Å². The number of allylic oxidation sites excluding steroid dienone is 1. The molecular weight excluding hydrogens is 203 g/mol. The molecule has 15 heavy (non-hydrogen) atoms. The summed E-state index contributed by atoms with van der Waals surface area (Å²) in [5.41, 5.74) is 1.28. The third kappa shape index (κ3) is 2.20. The smallest absolute Gasteiger partial charge is 0.549 e. The van der Waals surface area contributed by atoms with Crippen LogP contribution in [0.15, 0.2) is 30.3 Å². The molecule has 0 aromatic heterocycles. The van der Waals surface area contributed by atoms with E-state index in [1.807, 2.05) is 0 Å². The number of rotatable bonds is 1. The van der Waals surface area contributed by atoms with Gasteiger partial charge in [-0.25, -0.2) is 0 Å². The number of aliphatic carboxylic acids is 1. The Kier molecular flexibility index (Phi) is 3.85. The van der Waals surface area contributed by atoms with Crippen LogP contribution in [0.1, 0.15) is 17.0 Å². The van der Waals surface area contributed by atoms with Crippen molar-refractivity contribution in [1.29, 1.82) is 0 Å². The average molecular weight is 210 g/mol. The number of carboxylic acid groups (broad SMARTS) is 1. The normalized spacial score (nSPS) is 17.9. The quantitative estimate of drug-likeness (QED) is 0.369. The molecule has 1 aliphatic rings. The van der Waals surface area contributed by atoms with Gasteiger partial charge in [0.1, 0.15) is 0 Å². The molecule has 0 bridgehead atoms. The standard InChI is InChI=1S/C11H8O3.Na/c12-9-6-5-7-3-1-2-4-8(7)10(9)11(13)14;/h1-6,10H,(H,13,14);/q;+1/p-1. The summed E-state index contributed by atoms with van der Waals surface area (Å²) in [5.74, 6) is -2.91. The van der Waals surface area contributed by atoms with Crippen LogP contribution in [-0.2, 0) is 9.59 Å². The molecule has 3 nitrogen and oxygen atoms in total. The summed E-state index contributed by atoms with van der Waals surface area (Å²) in [4.78, 5) is 22.1. The van der Waals surface area contributed by atoms with Gasteiger partial charge in [-0.05, 0) is 17.2 Å². The molecule has 0 saturated heterocycles. The van der Waals surface area contributed by atoms with Crippen molar-refractivity contribution < 1.29 is 44.3 Å². The Balaban J connectivity index is 0.00000112. The predicted octanol–water partition coefficient (Wildman–Crippen LogP) is -2.88. The van der Waals surface area contributed by atoms with Gasteiger partial charge < -0.3 is 9.90 Å². The SMILES string of the molecule is O=C([O-])C1C(=O)C=Cc2ccccc21.[Na+]. The fraction of sp³-hybridized carbons (Fsp3) is 0.0909. The van der Waals surface area contributed by atoms with E-state index < -0.39 is 17.7 Å². The number of carbonyl (C=O) groups excluding carboxylic acids is 2. The van der Waals surface area contributed by atoms with Gasteiger partial charge >= 0.3 is 29.6 Å². The average Bonchev–Trinajstić information content (AvgIpc) is 2.17. The predicted molar refractivity (Wildman–Crippen MR) is 48.2 cm³/mol. The van der Waals surface area contributed by atoms with Crippen molar-refractivity contribution in [3.63, 3.8) is 0 Å². The molecule has 1 aliphatic carbocycles. The van der Waals surface area contributed by atoms with E-state index in [0.29, 0.717) is 5.56 Å². The molecule has 0 fully saturated rings. The van der Waals surface area contributed by atoms with Gasteiger partial charge in [-0.1, -0.05) is 30.3 Å². The molecular formula is C11H7NaO3. The number of fused-ring (bicyclic) bond motifs is 1. The zero-order valence-electron chi connectivity index (χ0n) is 8.27. The summed E-state index contributed by atoms with van der Waals surface area (Å²) < 4.78 is 0. The van der Waals surface area contributed by atoms with E-state index in [9.17, 15) is 14.7 Å². The van der Waals surface area contributed by atoms with E-state index in [1.54, 1.807) is 30.3 Å². The third-order valence-electron chi connectivity index (χ3n) is 2.25. The maximum absolute atomic E-state index is 11.3. The van der Waals surface area contributed by atoms with Crippen molar-refractivity contribution in [3.05, 3.63) is 41.5 Å². The van der Waals surface area contributed by atoms with E-state index in [2.05, 4.69) is 0 Å². The number of hydrogen-bond donors (Lipinski definition) is 0. The van der Waals surface area contributed by atoms with Gasteiger partial charge in [-0.15, -0.1) is 0 Å². The van der Waals surface area contributed by atoms with Crippen LogP contribution in [-0.4, -0.2) is 11.8 Å². The molecule has 0 spiro atoms. The van der Waals surface area contributed by atoms with E-state index in [4.69, 9.17) is 0 Å². The maximum Gasteiger partial charge on any atom is 1.00 e. The first-order chi connectivity index (χ1) is 6.70. The fourth-order valence-corrected chi connectivity index (χ4v) is 1.59. The monoisotopic (exact) mass is 210 g/mol. The first kappa shape index (κ1) is 12.2. The Morgan fingerprint density at radius 2 is 1.87 bits per heavy atom. The Labute approximate surface area is 109 Å². The summed E-state index contributed by atoms with van der Waals surface area (Å²) in [5, 5.41) is 10.8. The molecule has 0 radical (unpaired) electrons. The van der Waals surface area contributed by atoms with Gasteiger partial charge in [0, 0.05) is 0 Å². The van der Waals surface area contributed by atoms with Crippen LogP contribution in [0.3, 0.4) is 0 Å². The molecule has 0 N–H and O–H groups in total. The summed E-state index contributed by atoms with van der Waals surface area (Å²) in [6.45, 7) is 0. The summed E-state index contributed by atoms with van der Waals surface area (Å²) in [6, 6.07) is 6.91. The van der Waals surface area contributed by atoms with Crippen molar-refractivity contribution in [1.82, 2.24) is 0 Å². The number of carbonyl (C=O) groups is 2. The first-order valence-electron chi connectivity index (χ1n) is 4.22. The minimum atomic E-state index is -1.34. The maximum atomic E-state index is 11.3. The van der Waals surface area contributed by atoms with Crippen molar-refractivity contribution >= 4 is 17.8 Å². The second-order valence-electron chi connectivity index (χ2n) is 3.12. The summed E-state index contributed by atoms with van der Waals surface area (Å²) in [7, 11) is 0. The fourth-order valence-electron chi connectivity index (χ4n) is 1.59. The van der Waals surface area contributed by atoms with Gasteiger partial charge in [-0.2, -0.15) is 0 Å². The van der Waals surface area contributed by atoms with Gasteiger partial charge in [-0.3, -0.25) is 4.79 Å². The van der Waals surface area contributed by atoms with Crippen LogP contribution in [0.25, 0.3) is 6.08 Å². The van der Waals surface area contributed by atoms with Crippen molar-refractivity contribution in [2.75, 3.05) is 0 Å². The van der Waals surface area contributed by atoms with E-state index >= 15 is 0 Å². The topological polar surface area (TPSA) is 57.2 Å². The van der Waals surface area contributed by atoms with E-state index in [-0.39, 0.29) is 29.6 Å². The Hall–Kier alpha value is -0.900. The summed E-state index contributed by atoms with van der Waals surface area (Å²) >= 11 is 0.